The zero-order valence-corrected chi connectivity index (χ0v) is 18.0. The van der Waals surface area contributed by atoms with Gasteiger partial charge in [-0.2, -0.15) is 0 Å². The molecule has 0 saturated heterocycles. The summed E-state index contributed by atoms with van der Waals surface area (Å²) in [6, 6.07) is 8.56. The molecule has 1 aromatic carbocycles. The van der Waals surface area contributed by atoms with Gasteiger partial charge in [-0.15, -0.1) is 0 Å². The van der Waals surface area contributed by atoms with Crippen molar-refractivity contribution in [3.8, 4) is 17.6 Å². The van der Waals surface area contributed by atoms with Crippen LogP contribution in [0.4, 0.5) is 0 Å². The van der Waals surface area contributed by atoms with Crippen molar-refractivity contribution in [1.82, 2.24) is 0 Å². The summed E-state index contributed by atoms with van der Waals surface area (Å²) in [7, 11) is 0. The lowest BCUT2D eigenvalue weighted by Gasteiger charge is -2.25. The van der Waals surface area contributed by atoms with E-state index in [1.165, 1.54) is 63.4 Å². The molecule has 0 atom stereocenters. The van der Waals surface area contributed by atoms with E-state index in [0.717, 1.165) is 30.6 Å². The van der Waals surface area contributed by atoms with Crippen LogP contribution in [0.3, 0.4) is 0 Å². The average molecular weight is 379 g/mol. The Morgan fingerprint density at radius 2 is 1.57 bits per heavy atom. The van der Waals surface area contributed by atoms with Crippen LogP contribution >= 0.6 is 0 Å². The van der Waals surface area contributed by atoms with Crippen LogP contribution in [-0.2, 0) is 6.42 Å². The Hall–Kier alpha value is -1.68. The van der Waals surface area contributed by atoms with Gasteiger partial charge in [0.05, 0.1) is 6.61 Å². The molecule has 1 aromatic rings. The Bertz CT molecular complexity index is 644. The van der Waals surface area contributed by atoms with Gasteiger partial charge in [0.15, 0.2) is 0 Å². The van der Waals surface area contributed by atoms with Gasteiger partial charge in [-0.1, -0.05) is 50.3 Å². The van der Waals surface area contributed by atoms with Crippen molar-refractivity contribution in [2.45, 2.75) is 78.1 Å². The SMILES string of the molecule is CCc1ccc(OC[C@H]2CC[C@H](C#CC=C[C@H]3CC[C@H](CC)CC3)CC2)cc1. The van der Waals surface area contributed by atoms with Crippen LogP contribution in [0.1, 0.15) is 77.2 Å². The van der Waals surface area contributed by atoms with Crippen LogP contribution in [0.5, 0.6) is 5.75 Å². The second-order valence-corrected chi connectivity index (χ2v) is 8.86. The number of benzene rings is 1. The van der Waals surface area contributed by atoms with E-state index in [1.54, 1.807) is 0 Å². The van der Waals surface area contributed by atoms with Gasteiger partial charge in [-0.05, 0) is 99.3 Å². The number of rotatable bonds is 6. The van der Waals surface area contributed by atoms with Crippen molar-refractivity contribution in [3.05, 3.63) is 42.0 Å². The summed E-state index contributed by atoms with van der Waals surface area (Å²) in [5.41, 5.74) is 1.37. The van der Waals surface area contributed by atoms with Gasteiger partial charge in [0.25, 0.3) is 0 Å². The van der Waals surface area contributed by atoms with Crippen molar-refractivity contribution in [2.24, 2.45) is 23.7 Å². The van der Waals surface area contributed by atoms with E-state index in [-0.39, 0.29) is 0 Å². The Morgan fingerprint density at radius 3 is 2.21 bits per heavy atom. The van der Waals surface area contributed by atoms with Crippen molar-refractivity contribution < 1.29 is 4.74 Å². The quantitative estimate of drug-likeness (QED) is 0.475. The molecule has 1 nitrogen and oxygen atoms in total. The number of hydrogen-bond acceptors (Lipinski definition) is 1. The smallest absolute Gasteiger partial charge is 0.119 e. The first-order valence-corrected chi connectivity index (χ1v) is 11.7. The highest BCUT2D eigenvalue weighted by atomic mass is 16.5. The third-order valence-electron chi connectivity index (χ3n) is 6.87. The normalized spacial score (nSPS) is 27.9. The van der Waals surface area contributed by atoms with Gasteiger partial charge in [-0.25, -0.2) is 0 Å². The predicted octanol–water partition coefficient (Wildman–Crippen LogP) is 7.21. The van der Waals surface area contributed by atoms with Gasteiger partial charge in [-0.3, -0.25) is 0 Å². The van der Waals surface area contributed by atoms with E-state index in [9.17, 15) is 0 Å². The van der Waals surface area contributed by atoms with Crippen molar-refractivity contribution in [1.29, 1.82) is 0 Å². The van der Waals surface area contributed by atoms with E-state index in [0.29, 0.717) is 11.8 Å². The lowest BCUT2D eigenvalue weighted by atomic mass is 9.81. The molecule has 2 fully saturated rings. The molecule has 0 aromatic heterocycles. The molecule has 2 aliphatic carbocycles. The van der Waals surface area contributed by atoms with E-state index >= 15 is 0 Å². The topological polar surface area (TPSA) is 9.23 Å². The van der Waals surface area contributed by atoms with Crippen LogP contribution in [0.15, 0.2) is 36.4 Å². The molecule has 1 heteroatoms. The summed E-state index contributed by atoms with van der Waals surface area (Å²) in [5, 5.41) is 0. The van der Waals surface area contributed by atoms with Gasteiger partial charge in [0.1, 0.15) is 5.75 Å². The monoisotopic (exact) mass is 378 g/mol. The fourth-order valence-corrected chi connectivity index (χ4v) is 4.65. The van der Waals surface area contributed by atoms with Crippen molar-refractivity contribution >= 4 is 0 Å². The fraction of sp³-hybridized carbons (Fsp3) is 0.630. The average Bonchev–Trinajstić information content (AvgIpc) is 2.77. The summed E-state index contributed by atoms with van der Waals surface area (Å²) in [4.78, 5) is 0. The minimum atomic E-state index is 0.584. The maximum Gasteiger partial charge on any atom is 0.119 e. The molecule has 2 aliphatic rings. The van der Waals surface area contributed by atoms with Crippen LogP contribution in [0.2, 0.25) is 0 Å². The minimum Gasteiger partial charge on any atom is -0.493 e. The maximum absolute atomic E-state index is 6.01. The van der Waals surface area contributed by atoms with E-state index in [4.69, 9.17) is 4.74 Å². The number of ether oxygens (including phenoxy) is 1. The Morgan fingerprint density at radius 1 is 0.893 bits per heavy atom. The molecule has 152 valence electrons. The summed E-state index contributed by atoms with van der Waals surface area (Å²) >= 11 is 0. The standard InChI is InChI=1S/C27H38O/c1-3-22-9-11-24(12-10-22)7-5-6-8-25-13-15-26(16-14-25)21-28-27-19-17-23(4-2)18-20-27/h5,7,17-20,22,24-26H,3-4,9-16,21H2,1-2H3/t22-,24-,25-,26-. The molecule has 0 N–H and O–H groups in total. The number of allylic oxidation sites excluding steroid dienone is 2. The molecule has 0 radical (unpaired) electrons. The van der Waals surface area contributed by atoms with E-state index < -0.39 is 0 Å². The molecule has 0 heterocycles. The van der Waals surface area contributed by atoms with Gasteiger partial charge >= 0.3 is 0 Å². The molecule has 28 heavy (non-hydrogen) atoms. The summed E-state index contributed by atoms with van der Waals surface area (Å²) in [6.07, 6.45) is 17.5. The summed E-state index contributed by atoms with van der Waals surface area (Å²) in [5.74, 6) is 10.9. The van der Waals surface area contributed by atoms with Crippen molar-refractivity contribution in [3.63, 3.8) is 0 Å². The largest absolute Gasteiger partial charge is 0.493 e. The highest BCUT2D eigenvalue weighted by Gasteiger charge is 2.20. The highest BCUT2D eigenvalue weighted by molar-refractivity contribution is 5.27. The molecule has 0 aliphatic heterocycles. The molecule has 0 bridgehead atoms. The highest BCUT2D eigenvalue weighted by Crippen LogP contribution is 2.31. The second kappa shape index (κ2) is 11.4. The van der Waals surface area contributed by atoms with Crippen LogP contribution in [0, 0.1) is 35.5 Å². The van der Waals surface area contributed by atoms with Gasteiger partial charge in [0, 0.05) is 5.92 Å². The zero-order valence-electron chi connectivity index (χ0n) is 18.0. The lowest BCUT2D eigenvalue weighted by molar-refractivity contribution is 0.196. The summed E-state index contributed by atoms with van der Waals surface area (Å²) < 4.78 is 6.01. The number of aryl methyl sites for hydroxylation is 1. The van der Waals surface area contributed by atoms with E-state index in [1.807, 2.05) is 0 Å². The first-order valence-electron chi connectivity index (χ1n) is 11.7. The second-order valence-electron chi connectivity index (χ2n) is 8.86. The number of hydrogen-bond donors (Lipinski definition) is 0. The van der Waals surface area contributed by atoms with Crippen LogP contribution in [-0.4, -0.2) is 6.61 Å². The van der Waals surface area contributed by atoms with E-state index in [2.05, 4.69) is 62.1 Å². The molecular weight excluding hydrogens is 340 g/mol. The predicted molar refractivity (Wildman–Crippen MR) is 119 cm³/mol. The third kappa shape index (κ3) is 6.73. The maximum atomic E-state index is 6.01. The van der Waals surface area contributed by atoms with Gasteiger partial charge < -0.3 is 4.74 Å². The first kappa shape index (κ1) is 21.0. The first-order chi connectivity index (χ1) is 13.8. The molecule has 0 spiro atoms. The Labute approximate surface area is 173 Å². The zero-order chi connectivity index (χ0) is 19.6. The molecular formula is C27H38O. The molecule has 0 unspecified atom stereocenters. The Kier molecular flexibility index (Phi) is 8.53. The lowest BCUT2D eigenvalue weighted by Crippen LogP contribution is -2.19. The molecule has 0 amide bonds. The van der Waals surface area contributed by atoms with Gasteiger partial charge in [0.2, 0.25) is 0 Å². The summed E-state index contributed by atoms with van der Waals surface area (Å²) in [6.45, 7) is 5.37. The van der Waals surface area contributed by atoms with Crippen molar-refractivity contribution in [2.75, 3.05) is 6.61 Å². The Balaban J connectivity index is 1.33. The van der Waals surface area contributed by atoms with Crippen LogP contribution in [0.25, 0.3) is 0 Å². The molecule has 3 rings (SSSR count). The molecule has 2 saturated carbocycles. The fourth-order valence-electron chi connectivity index (χ4n) is 4.65. The van der Waals surface area contributed by atoms with Crippen LogP contribution < -0.4 is 4.74 Å². The minimum absolute atomic E-state index is 0.584. The third-order valence-corrected chi connectivity index (χ3v) is 6.87.